The molecule has 3 rings (SSSR count). The zero-order chi connectivity index (χ0) is 18.8. The molecule has 0 bridgehead atoms. The Morgan fingerprint density at radius 1 is 1.08 bits per heavy atom. The Morgan fingerprint density at radius 2 is 1.69 bits per heavy atom. The van der Waals surface area contributed by atoms with Crippen molar-refractivity contribution >= 4 is 29.2 Å². The molecule has 2 heterocycles. The molecule has 0 unspecified atom stereocenters. The van der Waals surface area contributed by atoms with E-state index in [0.29, 0.717) is 0 Å². The fourth-order valence-electron chi connectivity index (χ4n) is 3.15. The molecule has 2 N–H and O–H groups in total. The van der Waals surface area contributed by atoms with Crippen LogP contribution in [0.1, 0.15) is 35.3 Å². The van der Waals surface area contributed by atoms with Gasteiger partial charge in [-0.05, 0) is 44.1 Å². The third-order valence-corrected chi connectivity index (χ3v) is 4.78. The molecule has 9 heteroatoms. The van der Waals surface area contributed by atoms with Crippen LogP contribution in [-0.2, 0) is 6.54 Å². The summed E-state index contributed by atoms with van der Waals surface area (Å²) in [6.45, 7) is 1.72. The molecule has 0 aliphatic carbocycles. The van der Waals surface area contributed by atoms with Crippen molar-refractivity contribution in [1.82, 2.24) is 14.5 Å². The lowest BCUT2D eigenvalue weighted by Crippen LogP contribution is -2.41. The number of aromatic nitrogens is 2. The highest BCUT2D eigenvalue weighted by molar-refractivity contribution is 6.34. The summed E-state index contributed by atoms with van der Waals surface area (Å²) in [7, 11) is 0. The van der Waals surface area contributed by atoms with Gasteiger partial charge in [0.05, 0.1) is 11.3 Å². The quantitative estimate of drug-likeness (QED) is 0.825. The summed E-state index contributed by atoms with van der Waals surface area (Å²) < 4.78 is 0.865. The predicted octanol–water partition coefficient (Wildman–Crippen LogP) is 2.52. The van der Waals surface area contributed by atoms with Crippen molar-refractivity contribution in [3.63, 3.8) is 0 Å². The summed E-state index contributed by atoms with van der Waals surface area (Å²) in [6.07, 6.45) is 3.09. The molecule has 1 aromatic carbocycles. The minimum Gasteiger partial charge on any atom is -0.477 e. The van der Waals surface area contributed by atoms with E-state index in [1.54, 1.807) is 0 Å². The fraction of sp³-hybridized carbons (Fsp3) is 0.353. The lowest BCUT2D eigenvalue weighted by molar-refractivity contribution is 0.0686. The number of nitrogens with one attached hydrogen (secondary N) is 1. The van der Waals surface area contributed by atoms with Crippen LogP contribution < -0.4 is 11.2 Å². The monoisotopic (exact) mass is 397 g/mol. The smallest absolute Gasteiger partial charge is 0.352 e. The van der Waals surface area contributed by atoms with Crippen molar-refractivity contribution in [2.75, 3.05) is 13.1 Å². The van der Waals surface area contributed by atoms with Gasteiger partial charge in [0.25, 0.3) is 5.56 Å². The number of rotatable bonds is 4. The van der Waals surface area contributed by atoms with E-state index >= 15 is 0 Å². The fourth-order valence-corrected chi connectivity index (χ4v) is 3.66. The summed E-state index contributed by atoms with van der Waals surface area (Å²) in [5.74, 6) is -1.34. The standard InChI is InChI=1S/C17H17Cl2N3O4/c18-10-6-11(19)8-12(7-10)22-15(23)13(9-21-4-2-1-3-5-21)14(16(24)25)20-17(22)26/h6-8H,1-5,9H2,(H,20,26)(H,24,25). The molecule has 0 radical (unpaired) electrons. The molecule has 0 atom stereocenters. The third-order valence-electron chi connectivity index (χ3n) is 4.35. The Morgan fingerprint density at radius 3 is 2.27 bits per heavy atom. The number of aromatic amines is 1. The van der Waals surface area contributed by atoms with Crippen LogP contribution in [0.4, 0.5) is 0 Å². The number of carboxylic acid groups (broad SMARTS) is 1. The van der Waals surface area contributed by atoms with Gasteiger partial charge in [0.2, 0.25) is 0 Å². The van der Waals surface area contributed by atoms with Crippen LogP contribution in [0.3, 0.4) is 0 Å². The lowest BCUT2D eigenvalue weighted by atomic mass is 10.1. The molecule has 138 valence electrons. The molecular weight excluding hydrogens is 381 g/mol. The summed E-state index contributed by atoms with van der Waals surface area (Å²) in [5, 5.41) is 9.94. The largest absolute Gasteiger partial charge is 0.477 e. The normalized spacial score (nSPS) is 15.2. The molecule has 0 spiro atoms. The van der Waals surface area contributed by atoms with E-state index in [1.807, 2.05) is 4.90 Å². The summed E-state index contributed by atoms with van der Waals surface area (Å²) in [4.78, 5) is 41.2. The Labute approximate surface area is 158 Å². The topological polar surface area (TPSA) is 95.4 Å². The summed E-state index contributed by atoms with van der Waals surface area (Å²) in [6, 6.07) is 4.33. The van der Waals surface area contributed by atoms with Gasteiger partial charge in [-0.1, -0.05) is 29.6 Å². The maximum Gasteiger partial charge on any atom is 0.352 e. The number of carbonyl (C=O) groups is 1. The molecule has 1 aromatic heterocycles. The second kappa shape index (κ2) is 7.65. The Kier molecular flexibility index (Phi) is 5.50. The Balaban J connectivity index is 2.17. The first-order chi connectivity index (χ1) is 12.4. The van der Waals surface area contributed by atoms with Crippen LogP contribution in [0.15, 0.2) is 27.8 Å². The van der Waals surface area contributed by atoms with Crippen molar-refractivity contribution in [3.05, 3.63) is 60.3 Å². The summed E-state index contributed by atoms with van der Waals surface area (Å²) >= 11 is 11.9. The zero-order valence-electron chi connectivity index (χ0n) is 13.8. The molecule has 7 nitrogen and oxygen atoms in total. The molecule has 1 aliphatic rings. The van der Waals surface area contributed by atoms with Crippen molar-refractivity contribution in [2.45, 2.75) is 25.8 Å². The van der Waals surface area contributed by atoms with Gasteiger partial charge in [-0.25, -0.2) is 14.2 Å². The SMILES string of the molecule is O=C(O)c1[nH]c(=O)n(-c2cc(Cl)cc(Cl)c2)c(=O)c1CN1CCCCC1. The highest BCUT2D eigenvalue weighted by atomic mass is 35.5. The van der Waals surface area contributed by atoms with E-state index in [-0.39, 0.29) is 33.5 Å². The molecule has 26 heavy (non-hydrogen) atoms. The second-order valence-electron chi connectivity index (χ2n) is 6.19. The Hall–Kier alpha value is -2.09. The maximum absolute atomic E-state index is 13.0. The molecule has 0 amide bonds. The van der Waals surface area contributed by atoms with Crippen LogP contribution in [-0.4, -0.2) is 38.6 Å². The number of hydrogen-bond acceptors (Lipinski definition) is 4. The van der Waals surface area contributed by atoms with E-state index in [0.717, 1.165) is 36.9 Å². The van der Waals surface area contributed by atoms with Gasteiger partial charge in [0.15, 0.2) is 0 Å². The van der Waals surface area contributed by atoms with Gasteiger partial charge in [0, 0.05) is 16.6 Å². The first-order valence-corrected chi connectivity index (χ1v) is 8.92. The van der Waals surface area contributed by atoms with Gasteiger partial charge >= 0.3 is 11.7 Å². The van der Waals surface area contributed by atoms with E-state index in [9.17, 15) is 19.5 Å². The number of H-pyrrole nitrogens is 1. The molecule has 1 aliphatic heterocycles. The zero-order valence-corrected chi connectivity index (χ0v) is 15.3. The first kappa shape index (κ1) is 18.7. The van der Waals surface area contributed by atoms with Gasteiger partial charge in [-0.3, -0.25) is 9.69 Å². The Bertz CT molecular complexity index is 941. The van der Waals surface area contributed by atoms with Crippen LogP contribution >= 0.6 is 23.2 Å². The highest BCUT2D eigenvalue weighted by Crippen LogP contribution is 2.20. The minimum atomic E-state index is -1.34. The van der Waals surface area contributed by atoms with E-state index in [2.05, 4.69) is 4.98 Å². The van der Waals surface area contributed by atoms with E-state index in [4.69, 9.17) is 23.2 Å². The number of aromatic carboxylic acids is 1. The number of piperidine rings is 1. The number of benzene rings is 1. The van der Waals surface area contributed by atoms with Gasteiger partial charge in [-0.15, -0.1) is 0 Å². The van der Waals surface area contributed by atoms with Gasteiger partial charge in [-0.2, -0.15) is 0 Å². The minimum absolute atomic E-state index is 0.0371. The van der Waals surface area contributed by atoms with Gasteiger partial charge < -0.3 is 10.1 Å². The van der Waals surface area contributed by atoms with Gasteiger partial charge in [0.1, 0.15) is 5.69 Å². The number of hydrogen-bond donors (Lipinski definition) is 2. The highest BCUT2D eigenvalue weighted by Gasteiger charge is 2.23. The van der Waals surface area contributed by atoms with Crippen molar-refractivity contribution in [1.29, 1.82) is 0 Å². The average Bonchev–Trinajstić information content (AvgIpc) is 2.57. The number of nitrogens with zero attached hydrogens (tertiary/aromatic N) is 2. The van der Waals surface area contributed by atoms with Crippen LogP contribution in [0.2, 0.25) is 10.0 Å². The van der Waals surface area contributed by atoms with Crippen LogP contribution in [0, 0.1) is 0 Å². The molecule has 0 saturated carbocycles. The van der Waals surface area contributed by atoms with E-state index < -0.39 is 17.2 Å². The van der Waals surface area contributed by atoms with Crippen molar-refractivity contribution < 1.29 is 9.90 Å². The lowest BCUT2D eigenvalue weighted by Gasteiger charge is -2.26. The maximum atomic E-state index is 13.0. The molecule has 1 fully saturated rings. The number of likely N-dealkylation sites (tertiary alicyclic amines) is 1. The average molecular weight is 398 g/mol. The first-order valence-electron chi connectivity index (χ1n) is 8.17. The molecular formula is C17H17Cl2N3O4. The van der Waals surface area contributed by atoms with Crippen molar-refractivity contribution in [2.24, 2.45) is 0 Å². The number of halogens is 2. The van der Waals surface area contributed by atoms with Crippen LogP contribution in [0.5, 0.6) is 0 Å². The number of carboxylic acids is 1. The van der Waals surface area contributed by atoms with Crippen LogP contribution in [0.25, 0.3) is 5.69 Å². The molecule has 2 aromatic rings. The predicted molar refractivity (Wildman–Crippen MR) is 98.8 cm³/mol. The summed E-state index contributed by atoms with van der Waals surface area (Å²) in [5.41, 5.74) is -1.70. The third kappa shape index (κ3) is 3.85. The molecule has 1 saturated heterocycles. The second-order valence-corrected chi connectivity index (χ2v) is 7.07. The van der Waals surface area contributed by atoms with Crippen molar-refractivity contribution in [3.8, 4) is 5.69 Å². The van der Waals surface area contributed by atoms with E-state index in [1.165, 1.54) is 18.2 Å².